The van der Waals surface area contributed by atoms with Gasteiger partial charge < -0.3 is 4.74 Å². The van der Waals surface area contributed by atoms with Crippen molar-refractivity contribution in [3.63, 3.8) is 0 Å². The number of carbonyl (C=O) groups excluding carboxylic acids is 2. The van der Waals surface area contributed by atoms with E-state index in [-0.39, 0.29) is 18.3 Å². The third kappa shape index (κ3) is 6.06. The molecule has 1 atom stereocenters. The standard InChI is InChI=1S/C10H18O5/c1-4-8(10(12)15-13-3)6-7-9(11)14-5-2/h8H,4-7H2,1-3H3. The SMILES string of the molecule is CCOC(=O)CCC(CC)C(=O)OOC. The Morgan fingerprint density at radius 1 is 1.27 bits per heavy atom. The van der Waals surface area contributed by atoms with Crippen molar-refractivity contribution >= 4 is 11.9 Å². The fourth-order valence-electron chi connectivity index (χ4n) is 1.16. The van der Waals surface area contributed by atoms with Crippen LogP contribution in [0.15, 0.2) is 0 Å². The minimum Gasteiger partial charge on any atom is -0.466 e. The van der Waals surface area contributed by atoms with Gasteiger partial charge in [-0.2, -0.15) is 4.89 Å². The molecule has 0 saturated carbocycles. The largest absolute Gasteiger partial charge is 0.466 e. The molecule has 0 aliphatic heterocycles. The second kappa shape index (κ2) is 8.23. The molecule has 0 aromatic rings. The smallest absolute Gasteiger partial charge is 0.345 e. The molecule has 0 spiro atoms. The molecule has 0 aliphatic rings. The van der Waals surface area contributed by atoms with Crippen LogP contribution >= 0.6 is 0 Å². The molecule has 5 heteroatoms. The van der Waals surface area contributed by atoms with Crippen LogP contribution in [0.5, 0.6) is 0 Å². The number of hydrogen-bond donors (Lipinski definition) is 0. The molecule has 0 heterocycles. The van der Waals surface area contributed by atoms with E-state index in [2.05, 4.69) is 9.78 Å². The highest BCUT2D eigenvalue weighted by atomic mass is 17.2. The van der Waals surface area contributed by atoms with Crippen LogP contribution in [0.4, 0.5) is 0 Å². The molecular formula is C10H18O5. The molecule has 15 heavy (non-hydrogen) atoms. The van der Waals surface area contributed by atoms with E-state index < -0.39 is 5.97 Å². The van der Waals surface area contributed by atoms with Gasteiger partial charge in [-0.25, -0.2) is 4.79 Å². The summed E-state index contributed by atoms with van der Waals surface area (Å²) in [6, 6.07) is 0. The second-order valence-electron chi connectivity index (χ2n) is 3.02. The molecule has 0 radical (unpaired) electrons. The van der Waals surface area contributed by atoms with Crippen LogP contribution < -0.4 is 0 Å². The summed E-state index contributed by atoms with van der Waals surface area (Å²) in [7, 11) is 1.27. The van der Waals surface area contributed by atoms with E-state index in [1.54, 1.807) is 6.92 Å². The third-order valence-corrected chi connectivity index (χ3v) is 1.99. The third-order valence-electron chi connectivity index (χ3n) is 1.99. The van der Waals surface area contributed by atoms with E-state index in [0.717, 1.165) is 0 Å². The summed E-state index contributed by atoms with van der Waals surface area (Å²) in [5, 5.41) is 0. The van der Waals surface area contributed by atoms with Crippen LogP contribution in [0.2, 0.25) is 0 Å². The van der Waals surface area contributed by atoms with Gasteiger partial charge >= 0.3 is 11.9 Å². The summed E-state index contributed by atoms with van der Waals surface area (Å²) in [5.41, 5.74) is 0. The number of ether oxygens (including phenoxy) is 1. The maximum Gasteiger partial charge on any atom is 0.345 e. The van der Waals surface area contributed by atoms with Gasteiger partial charge in [-0.05, 0) is 19.8 Å². The predicted octanol–water partition coefficient (Wildman–Crippen LogP) is 1.46. The molecule has 1 unspecified atom stereocenters. The maximum absolute atomic E-state index is 11.2. The monoisotopic (exact) mass is 218 g/mol. The zero-order valence-electron chi connectivity index (χ0n) is 9.45. The molecule has 0 rings (SSSR count). The van der Waals surface area contributed by atoms with Crippen molar-refractivity contribution in [1.29, 1.82) is 0 Å². The molecule has 0 aromatic heterocycles. The van der Waals surface area contributed by atoms with Gasteiger partial charge in [0.05, 0.1) is 19.6 Å². The van der Waals surface area contributed by atoms with Crippen molar-refractivity contribution in [2.24, 2.45) is 5.92 Å². The quantitative estimate of drug-likeness (QED) is 0.368. The first-order chi connectivity index (χ1) is 7.15. The molecule has 0 saturated heterocycles. The van der Waals surface area contributed by atoms with Gasteiger partial charge in [0.1, 0.15) is 0 Å². The first-order valence-electron chi connectivity index (χ1n) is 5.05. The lowest BCUT2D eigenvalue weighted by atomic mass is 10.0. The number of esters is 1. The molecule has 0 fully saturated rings. The molecular weight excluding hydrogens is 200 g/mol. The highest BCUT2D eigenvalue weighted by Gasteiger charge is 2.20. The Bertz CT molecular complexity index is 202. The van der Waals surface area contributed by atoms with E-state index in [1.165, 1.54) is 7.11 Å². The molecule has 0 N–H and O–H groups in total. The van der Waals surface area contributed by atoms with Gasteiger partial charge in [-0.1, -0.05) is 6.92 Å². The van der Waals surface area contributed by atoms with E-state index in [9.17, 15) is 9.59 Å². The van der Waals surface area contributed by atoms with Crippen molar-refractivity contribution in [3.8, 4) is 0 Å². The van der Waals surface area contributed by atoms with Crippen molar-refractivity contribution in [1.82, 2.24) is 0 Å². The van der Waals surface area contributed by atoms with Gasteiger partial charge in [0.2, 0.25) is 0 Å². The van der Waals surface area contributed by atoms with Gasteiger partial charge in [0, 0.05) is 6.42 Å². The fourth-order valence-corrected chi connectivity index (χ4v) is 1.16. The molecule has 88 valence electrons. The Kier molecular flexibility index (Phi) is 7.62. The summed E-state index contributed by atoms with van der Waals surface area (Å²) in [6.45, 7) is 3.96. The number of carbonyl (C=O) groups is 2. The topological polar surface area (TPSA) is 61.8 Å². The van der Waals surface area contributed by atoms with E-state index in [0.29, 0.717) is 19.4 Å². The highest BCUT2D eigenvalue weighted by Crippen LogP contribution is 2.13. The second-order valence-corrected chi connectivity index (χ2v) is 3.02. The number of hydrogen-bond acceptors (Lipinski definition) is 5. The van der Waals surface area contributed by atoms with Crippen LogP contribution in [0.1, 0.15) is 33.1 Å². The summed E-state index contributed by atoms with van der Waals surface area (Å²) in [6.07, 6.45) is 1.27. The Labute approximate surface area is 89.6 Å². The summed E-state index contributed by atoms with van der Waals surface area (Å²) in [4.78, 5) is 31.0. The van der Waals surface area contributed by atoms with Crippen LogP contribution in [0.3, 0.4) is 0 Å². The Hall–Kier alpha value is -1.10. The normalized spacial score (nSPS) is 11.9. The van der Waals surface area contributed by atoms with Crippen LogP contribution in [0, 0.1) is 5.92 Å². The minimum absolute atomic E-state index is 0.227. The molecule has 0 aliphatic carbocycles. The first kappa shape index (κ1) is 13.9. The van der Waals surface area contributed by atoms with E-state index >= 15 is 0 Å². The minimum atomic E-state index is -0.440. The van der Waals surface area contributed by atoms with Gasteiger partial charge in [0.25, 0.3) is 0 Å². The number of rotatable bonds is 7. The van der Waals surface area contributed by atoms with Crippen molar-refractivity contribution in [2.45, 2.75) is 33.1 Å². The van der Waals surface area contributed by atoms with Crippen LogP contribution in [-0.2, 0) is 24.1 Å². The van der Waals surface area contributed by atoms with Crippen LogP contribution in [-0.4, -0.2) is 25.7 Å². The zero-order chi connectivity index (χ0) is 11.7. The summed E-state index contributed by atoms with van der Waals surface area (Å²) < 4.78 is 4.75. The summed E-state index contributed by atoms with van der Waals surface area (Å²) >= 11 is 0. The predicted molar refractivity (Wildman–Crippen MR) is 52.7 cm³/mol. The first-order valence-corrected chi connectivity index (χ1v) is 5.05. The highest BCUT2D eigenvalue weighted by molar-refractivity contribution is 5.74. The van der Waals surface area contributed by atoms with E-state index in [4.69, 9.17) is 4.74 Å². The van der Waals surface area contributed by atoms with E-state index in [1.807, 2.05) is 6.92 Å². The average Bonchev–Trinajstić information content (AvgIpc) is 2.19. The Morgan fingerprint density at radius 2 is 1.93 bits per heavy atom. The molecule has 0 amide bonds. The lowest BCUT2D eigenvalue weighted by molar-refractivity contribution is -0.259. The zero-order valence-corrected chi connectivity index (χ0v) is 9.45. The lowest BCUT2D eigenvalue weighted by Gasteiger charge is -2.11. The van der Waals surface area contributed by atoms with Crippen molar-refractivity contribution in [2.75, 3.05) is 13.7 Å². The Balaban J connectivity index is 3.89. The van der Waals surface area contributed by atoms with Crippen molar-refractivity contribution in [3.05, 3.63) is 0 Å². The fraction of sp³-hybridized carbons (Fsp3) is 0.800. The van der Waals surface area contributed by atoms with Gasteiger partial charge in [-0.3, -0.25) is 9.68 Å². The summed E-state index contributed by atoms with van der Waals surface area (Å²) in [5.74, 6) is -1.04. The van der Waals surface area contributed by atoms with Gasteiger partial charge in [-0.15, -0.1) is 0 Å². The molecule has 0 aromatic carbocycles. The van der Waals surface area contributed by atoms with Gasteiger partial charge in [0.15, 0.2) is 0 Å². The maximum atomic E-state index is 11.2. The lowest BCUT2D eigenvalue weighted by Crippen LogP contribution is -2.18. The Morgan fingerprint density at radius 3 is 2.40 bits per heavy atom. The molecule has 0 bridgehead atoms. The molecule has 5 nitrogen and oxygen atoms in total. The van der Waals surface area contributed by atoms with Crippen molar-refractivity contribution < 1.29 is 24.1 Å². The van der Waals surface area contributed by atoms with Crippen LogP contribution in [0.25, 0.3) is 0 Å². The average molecular weight is 218 g/mol.